The van der Waals surface area contributed by atoms with E-state index in [9.17, 15) is 22.8 Å². The summed E-state index contributed by atoms with van der Waals surface area (Å²) in [7, 11) is 0. The number of hydrogen-bond donors (Lipinski definition) is 0. The standard InChI is InChI=1S/C28H19F3N2O4/c29-28(30,31)36-20-15-13-18(14-16-20)24-23-25(37-33(24)19-9-2-1-3-10-19)27(35)32(26(23)34)22-12-6-8-17-7-4-5-11-21(17)22/h1-16,23-25H. The molecule has 6 rings (SSSR count). The third-order valence-electron chi connectivity index (χ3n) is 6.59. The maximum Gasteiger partial charge on any atom is 0.573 e. The summed E-state index contributed by atoms with van der Waals surface area (Å²) >= 11 is 0. The maximum atomic E-state index is 13.9. The van der Waals surface area contributed by atoms with Crippen LogP contribution in [0.3, 0.4) is 0 Å². The first kappa shape index (κ1) is 23.1. The average Bonchev–Trinajstić information content (AvgIpc) is 3.40. The lowest BCUT2D eigenvalue weighted by Gasteiger charge is -2.29. The van der Waals surface area contributed by atoms with Crippen molar-refractivity contribution >= 4 is 34.0 Å². The van der Waals surface area contributed by atoms with Gasteiger partial charge in [-0.05, 0) is 41.3 Å². The van der Waals surface area contributed by atoms with Crippen LogP contribution < -0.4 is 14.7 Å². The molecular weight excluding hydrogens is 485 g/mol. The fourth-order valence-electron chi connectivity index (χ4n) is 5.06. The molecule has 0 aromatic heterocycles. The molecule has 2 aliphatic heterocycles. The van der Waals surface area contributed by atoms with Gasteiger partial charge in [0, 0.05) is 5.39 Å². The number of alkyl halides is 3. The first-order chi connectivity index (χ1) is 17.8. The predicted molar refractivity (Wildman–Crippen MR) is 130 cm³/mol. The zero-order valence-corrected chi connectivity index (χ0v) is 19.1. The number of ether oxygens (including phenoxy) is 1. The molecule has 186 valence electrons. The van der Waals surface area contributed by atoms with Gasteiger partial charge in [-0.1, -0.05) is 66.7 Å². The summed E-state index contributed by atoms with van der Waals surface area (Å²) in [5, 5.41) is 3.11. The van der Waals surface area contributed by atoms with Gasteiger partial charge in [-0.25, -0.2) is 9.96 Å². The van der Waals surface area contributed by atoms with Crippen LogP contribution in [0.5, 0.6) is 5.75 Å². The highest BCUT2D eigenvalue weighted by molar-refractivity contribution is 6.26. The summed E-state index contributed by atoms with van der Waals surface area (Å²) in [5.41, 5.74) is 1.58. The third kappa shape index (κ3) is 3.97. The monoisotopic (exact) mass is 504 g/mol. The smallest absolute Gasteiger partial charge is 0.406 e. The summed E-state index contributed by atoms with van der Waals surface area (Å²) < 4.78 is 42.0. The zero-order chi connectivity index (χ0) is 25.7. The quantitative estimate of drug-likeness (QED) is 0.330. The van der Waals surface area contributed by atoms with E-state index in [0.717, 1.165) is 15.7 Å². The number of halogens is 3. The van der Waals surface area contributed by atoms with Crippen molar-refractivity contribution in [3.05, 3.63) is 103 Å². The lowest BCUT2D eigenvalue weighted by molar-refractivity contribution is -0.274. The molecule has 0 N–H and O–H groups in total. The van der Waals surface area contributed by atoms with E-state index < -0.39 is 36.2 Å². The predicted octanol–water partition coefficient (Wildman–Crippen LogP) is 5.79. The number of hydroxylamine groups is 1. The van der Waals surface area contributed by atoms with Gasteiger partial charge in [-0.2, -0.15) is 0 Å². The molecule has 2 heterocycles. The van der Waals surface area contributed by atoms with Gasteiger partial charge in [-0.15, -0.1) is 13.2 Å². The van der Waals surface area contributed by atoms with Crippen LogP contribution in [0.4, 0.5) is 24.5 Å². The Morgan fingerprint density at radius 2 is 1.43 bits per heavy atom. The third-order valence-corrected chi connectivity index (χ3v) is 6.59. The van der Waals surface area contributed by atoms with Crippen LogP contribution in [-0.4, -0.2) is 24.3 Å². The highest BCUT2D eigenvalue weighted by Crippen LogP contribution is 2.48. The summed E-state index contributed by atoms with van der Waals surface area (Å²) in [6.45, 7) is 0. The molecule has 2 saturated heterocycles. The van der Waals surface area contributed by atoms with Crippen molar-refractivity contribution in [1.82, 2.24) is 0 Å². The molecule has 2 aliphatic rings. The topological polar surface area (TPSA) is 59.1 Å². The molecule has 4 aromatic carbocycles. The Labute approximate surface area is 209 Å². The molecule has 2 amide bonds. The van der Waals surface area contributed by atoms with Crippen LogP contribution in [0.2, 0.25) is 0 Å². The zero-order valence-electron chi connectivity index (χ0n) is 19.1. The average molecular weight is 504 g/mol. The van der Waals surface area contributed by atoms with E-state index in [1.165, 1.54) is 29.3 Å². The van der Waals surface area contributed by atoms with Gasteiger partial charge in [0.05, 0.1) is 17.4 Å². The van der Waals surface area contributed by atoms with Gasteiger partial charge < -0.3 is 4.74 Å². The van der Waals surface area contributed by atoms with Gasteiger partial charge in [0.25, 0.3) is 5.91 Å². The Hall–Kier alpha value is -4.37. The lowest BCUT2D eigenvalue weighted by atomic mass is 9.90. The minimum atomic E-state index is -4.83. The van der Waals surface area contributed by atoms with Crippen molar-refractivity contribution in [2.45, 2.75) is 18.5 Å². The van der Waals surface area contributed by atoms with Gasteiger partial charge in [0.15, 0.2) is 6.10 Å². The number of amides is 2. The van der Waals surface area contributed by atoms with Gasteiger partial charge in [-0.3, -0.25) is 14.4 Å². The Kier molecular flexibility index (Phi) is 5.38. The second-order valence-electron chi connectivity index (χ2n) is 8.78. The first-order valence-corrected chi connectivity index (χ1v) is 11.5. The van der Waals surface area contributed by atoms with E-state index in [1.807, 2.05) is 36.4 Å². The number of para-hydroxylation sites is 1. The molecule has 2 fully saturated rings. The van der Waals surface area contributed by atoms with Crippen molar-refractivity contribution in [3.8, 4) is 5.75 Å². The molecular formula is C28H19F3N2O4. The number of hydrogen-bond acceptors (Lipinski definition) is 5. The van der Waals surface area contributed by atoms with Gasteiger partial charge in [0.2, 0.25) is 5.91 Å². The molecule has 0 radical (unpaired) electrons. The number of benzene rings is 4. The largest absolute Gasteiger partial charge is 0.573 e. The number of imide groups is 1. The van der Waals surface area contributed by atoms with Crippen LogP contribution in [0.1, 0.15) is 11.6 Å². The normalized spacial score (nSPS) is 21.5. The minimum Gasteiger partial charge on any atom is -0.406 e. The molecule has 0 bridgehead atoms. The summed E-state index contributed by atoms with van der Waals surface area (Å²) in [6, 6.07) is 26.3. The van der Waals surface area contributed by atoms with Crippen LogP contribution in [0.25, 0.3) is 10.8 Å². The molecule has 3 atom stereocenters. The molecule has 0 spiro atoms. The van der Waals surface area contributed by atoms with Crippen LogP contribution >= 0.6 is 0 Å². The second-order valence-corrected chi connectivity index (χ2v) is 8.78. The van der Waals surface area contributed by atoms with E-state index in [-0.39, 0.29) is 5.75 Å². The molecule has 3 unspecified atom stereocenters. The number of carbonyl (C=O) groups excluding carboxylic acids is 2. The number of anilines is 2. The summed E-state index contributed by atoms with van der Waals surface area (Å²) in [4.78, 5) is 34.8. The Bertz CT molecular complexity index is 1490. The van der Waals surface area contributed by atoms with E-state index in [1.54, 1.807) is 36.4 Å². The molecule has 37 heavy (non-hydrogen) atoms. The van der Waals surface area contributed by atoms with Crippen LogP contribution in [0, 0.1) is 5.92 Å². The summed E-state index contributed by atoms with van der Waals surface area (Å²) in [5.74, 6) is -2.23. The van der Waals surface area contributed by atoms with Crippen molar-refractivity contribution in [2.24, 2.45) is 5.92 Å². The van der Waals surface area contributed by atoms with E-state index >= 15 is 0 Å². The second kappa shape index (κ2) is 8.63. The number of carbonyl (C=O) groups is 2. The molecule has 9 heteroatoms. The highest BCUT2D eigenvalue weighted by atomic mass is 19.4. The molecule has 0 saturated carbocycles. The minimum absolute atomic E-state index is 0.385. The van der Waals surface area contributed by atoms with Gasteiger partial charge >= 0.3 is 6.36 Å². The van der Waals surface area contributed by atoms with Crippen LogP contribution in [0.15, 0.2) is 97.1 Å². The highest BCUT2D eigenvalue weighted by Gasteiger charge is 2.60. The molecule has 6 nitrogen and oxygen atoms in total. The van der Waals surface area contributed by atoms with Crippen molar-refractivity contribution < 1.29 is 32.3 Å². The van der Waals surface area contributed by atoms with Crippen molar-refractivity contribution in [3.63, 3.8) is 0 Å². The first-order valence-electron chi connectivity index (χ1n) is 11.5. The Morgan fingerprint density at radius 3 is 2.16 bits per heavy atom. The number of fused-ring (bicyclic) bond motifs is 2. The Morgan fingerprint density at radius 1 is 0.757 bits per heavy atom. The number of rotatable bonds is 4. The fraction of sp³-hybridized carbons (Fsp3) is 0.143. The van der Waals surface area contributed by atoms with Crippen LogP contribution in [-0.2, 0) is 14.4 Å². The lowest BCUT2D eigenvalue weighted by Crippen LogP contribution is -2.37. The molecule has 0 aliphatic carbocycles. The van der Waals surface area contributed by atoms with E-state index in [4.69, 9.17) is 4.84 Å². The SMILES string of the molecule is O=C1C2ON(c3ccccc3)C(c3ccc(OC(F)(F)F)cc3)C2C(=O)N1c1cccc2ccccc12. The summed E-state index contributed by atoms with van der Waals surface area (Å²) in [6.07, 6.45) is -5.92. The molecule has 4 aromatic rings. The van der Waals surface area contributed by atoms with E-state index in [2.05, 4.69) is 4.74 Å². The van der Waals surface area contributed by atoms with E-state index in [0.29, 0.717) is 16.9 Å². The van der Waals surface area contributed by atoms with Gasteiger partial charge in [0.1, 0.15) is 11.7 Å². The van der Waals surface area contributed by atoms with Crippen molar-refractivity contribution in [1.29, 1.82) is 0 Å². The van der Waals surface area contributed by atoms with Crippen molar-refractivity contribution in [2.75, 3.05) is 9.96 Å². The Balaban J connectivity index is 1.42. The fourth-order valence-corrected chi connectivity index (χ4v) is 5.06. The maximum absolute atomic E-state index is 13.9. The number of nitrogens with zero attached hydrogens (tertiary/aromatic N) is 2.